The van der Waals surface area contributed by atoms with Crippen LogP contribution in [-0.4, -0.2) is 35.5 Å². The van der Waals surface area contributed by atoms with Crippen molar-refractivity contribution in [1.82, 2.24) is 16.1 Å². The molecule has 1 aliphatic rings. The van der Waals surface area contributed by atoms with E-state index in [1.165, 1.54) is 12.1 Å². The highest BCUT2D eigenvalue weighted by Gasteiger charge is 2.25. The maximum Gasteiger partial charge on any atom is 0.252 e. The lowest BCUT2D eigenvalue weighted by Gasteiger charge is -2.10. The van der Waals surface area contributed by atoms with Gasteiger partial charge in [0.1, 0.15) is 5.82 Å². The molecule has 4 N–H and O–H groups in total. The van der Waals surface area contributed by atoms with Crippen LogP contribution >= 0.6 is 0 Å². The van der Waals surface area contributed by atoms with Gasteiger partial charge in [0.25, 0.3) is 11.8 Å². The minimum absolute atomic E-state index is 0.194. The van der Waals surface area contributed by atoms with Crippen molar-refractivity contribution in [3.8, 4) is 0 Å². The zero-order valence-electron chi connectivity index (χ0n) is 18.3. The van der Waals surface area contributed by atoms with Crippen molar-refractivity contribution in [2.45, 2.75) is 44.6 Å². The summed E-state index contributed by atoms with van der Waals surface area (Å²) >= 11 is 0. The van der Waals surface area contributed by atoms with Gasteiger partial charge in [-0.15, -0.1) is 0 Å². The third kappa shape index (κ3) is 7.84. The summed E-state index contributed by atoms with van der Waals surface area (Å²) in [5.74, 6) is -1.20. The van der Waals surface area contributed by atoms with Crippen LogP contribution in [0.5, 0.6) is 0 Å². The van der Waals surface area contributed by atoms with Gasteiger partial charge in [0.2, 0.25) is 5.91 Å². The van der Waals surface area contributed by atoms with E-state index in [0.717, 1.165) is 31.2 Å². The Balaban J connectivity index is 1.59. The Morgan fingerprint density at radius 2 is 1.61 bits per heavy atom. The van der Waals surface area contributed by atoms with Crippen molar-refractivity contribution in [3.05, 3.63) is 71.0 Å². The minimum atomic E-state index is -0.416. The van der Waals surface area contributed by atoms with Crippen LogP contribution in [-0.2, 0) is 9.59 Å². The lowest BCUT2D eigenvalue weighted by atomic mass is 10.0. The Hall–Kier alpha value is -3.52. The summed E-state index contributed by atoms with van der Waals surface area (Å²) in [4.78, 5) is 36.0. The standard InChI is InChI=1S/C25H28FN3O4/c26-20-11-9-18(10-12-20)22(25(32)28-21-13-14-21)16-17-5-7-19(8-6-17)24(31)27-15-3-1-2-4-23(30)29-33/h5-12,16,21,33H,1-4,13-15H2,(H,27,31)(H,28,32)(H,29,30)/b22-16-. The highest BCUT2D eigenvalue weighted by molar-refractivity contribution is 6.24. The molecular formula is C25H28FN3O4. The summed E-state index contributed by atoms with van der Waals surface area (Å²) in [5, 5.41) is 14.2. The van der Waals surface area contributed by atoms with Crippen LogP contribution in [0.3, 0.4) is 0 Å². The summed E-state index contributed by atoms with van der Waals surface area (Å²) in [6, 6.07) is 12.9. The Kier molecular flexibility index (Phi) is 8.71. The molecule has 0 heterocycles. The molecule has 2 aromatic rings. The fraction of sp³-hybridized carbons (Fsp3) is 0.320. The molecule has 0 atom stereocenters. The number of hydrogen-bond acceptors (Lipinski definition) is 4. The highest BCUT2D eigenvalue weighted by Crippen LogP contribution is 2.24. The lowest BCUT2D eigenvalue weighted by molar-refractivity contribution is -0.129. The Labute approximate surface area is 192 Å². The second-order valence-electron chi connectivity index (χ2n) is 8.04. The predicted octanol–water partition coefficient (Wildman–Crippen LogP) is 3.44. The number of unbranched alkanes of at least 4 members (excludes halogenated alkanes) is 2. The van der Waals surface area contributed by atoms with Crippen LogP contribution in [0.1, 0.15) is 60.0 Å². The van der Waals surface area contributed by atoms with Gasteiger partial charge in [-0.3, -0.25) is 19.6 Å². The van der Waals surface area contributed by atoms with E-state index in [1.807, 2.05) is 0 Å². The molecule has 0 spiro atoms. The van der Waals surface area contributed by atoms with Gasteiger partial charge in [-0.2, -0.15) is 0 Å². The Morgan fingerprint density at radius 3 is 2.24 bits per heavy atom. The molecule has 8 heteroatoms. The smallest absolute Gasteiger partial charge is 0.252 e. The van der Waals surface area contributed by atoms with Gasteiger partial charge in [-0.25, -0.2) is 9.87 Å². The van der Waals surface area contributed by atoms with Gasteiger partial charge in [0, 0.05) is 30.1 Å². The first-order chi connectivity index (χ1) is 16.0. The fourth-order valence-corrected chi connectivity index (χ4v) is 3.24. The molecule has 0 aliphatic heterocycles. The van der Waals surface area contributed by atoms with E-state index in [0.29, 0.717) is 29.7 Å². The molecule has 1 fully saturated rings. The van der Waals surface area contributed by atoms with Crippen molar-refractivity contribution in [1.29, 1.82) is 0 Å². The second-order valence-corrected chi connectivity index (χ2v) is 8.04. The zero-order chi connectivity index (χ0) is 23.6. The predicted molar refractivity (Wildman–Crippen MR) is 123 cm³/mol. The molecule has 0 saturated heterocycles. The normalized spacial score (nSPS) is 13.3. The van der Waals surface area contributed by atoms with E-state index in [-0.39, 0.29) is 30.1 Å². The van der Waals surface area contributed by atoms with Gasteiger partial charge >= 0.3 is 0 Å². The number of benzene rings is 2. The monoisotopic (exact) mass is 453 g/mol. The van der Waals surface area contributed by atoms with E-state index in [1.54, 1.807) is 48.0 Å². The number of hydroxylamine groups is 1. The first-order valence-electron chi connectivity index (χ1n) is 11.1. The maximum atomic E-state index is 13.3. The van der Waals surface area contributed by atoms with E-state index < -0.39 is 5.91 Å². The molecule has 7 nitrogen and oxygen atoms in total. The summed E-state index contributed by atoms with van der Waals surface area (Å²) in [5.41, 5.74) is 3.89. The van der Waals surface area contributed by atoms with Crippen molar-refractivity contribution in [3.63, 3.8) is 0 Å². The molecule has 0 radical (unpaired) electrons. The summed E-state index contributed by atoms with van der Waals surface area (Å²) in [6.45, 7) is 0.483. The molecule has 2 aromatic carbocycles. The maximum absolute atomic E-state index is 13.3. The molecule has 3 amide bonds. The molecular weight excluding hydrogens is 425 g/mol. The van der Waals surface area contributed by atoms with E-state index >= 15 is 0 Å². The molecule has 174 valence electrons. The summed E-state index contributed by atoms with van der Waals surface area (Å²) in [6.07, 6.45) is 6.02. The first kappa shape index (κ1) is 24.1. The largest absolute Gasteiger partial charge is 0.352 e. The van der Waals surface area contributed by atoms with Crippen molar-refractivity contribution in [2.24, 2.45) is 0 Å². The van der Waals surface area contributed by atoms with E-state index in [9.17, 15) is 18.8 Å². The number of carbonyl (C=O) groups excluding carboxylic acids is 3. The summed E-state index contributed by atoms with van der Waals surface area (Å²) < 4.78 is 13.3. The van der Waals surface area contributed by atoms with Crippen molar-refractivity contribution < 1.29 is 24.0 Å². The highest BCUT2D eigenvalue weighted by atomic mass is 19.1. The van der Waals surface area contributed by atoms with Crippen molar-refractivity contribution >= 4 is 29.4 Å². The second kappa shape index (κ2) is 11.9. The third-order valence-corrected chi connectivity index (χ3v) is 5.29. The van der Waals surface area contributed by atoms with Crippen LogP contribution in [0.25, 0.3) is 11.6 Å². The minimum Gasteiger partial charge on any atom is -0.352 e. The van der Waals surface area contributed by atoms with E-state index in [4.69, 9.17) is 5.21 Å². The molecule has 33 heavy (non-hydrogen) atoms. The van der Waals surface area contributed by atoms with Crippen LogP contribution < -0.4 is 16.1 Å². The van der Waals surface area contributed by atoms with Crippen LogP contribution in [0, 0.1) is 5.82 Å². The number of nitrogens with one attached hydrogen (secondary N) is 3. The molecule has 1 aliphatic carbocycles. The van der Waals surface area contributed by atoms with Crippen molar-refractivity contribution in [2.75, 3.05) is 6.54 Å². The third-order valence-electron chi connectivity index (χ3n) is 5.29. The lowest BCUT2D eigenvalue weighted by Crippen LogP contribution is -2.26. The number of carbonyl (C=O) groups is 3. The molecule has 3 rings (SSSR count). The van der Waals surface area contributed by atoms with Gasteiger partial charge in [0.05, 0.1) is 0 Å². The number of halogens is 1. The molecule has 0 unspecified atom stereocenters. The van der Waals surface area contributed by atoms with Gasteiger partial charge in [0.15, 0.2) is 0 Å². The van der Waals surface area contributed by atoms with Crippen LogP contribution in [0.4, 0.5) is 4.39 Å². The zero-order valence-corrected chi connectivity index (χ0v) is 18.3. The Morgan fingerprint density at radius 1 is 0.939 bits per heavy atom. The molecule has 0 aromatic heterocycles. The van der Waals surface area contributed by atoms with Crippen LogP contribution in [0.2, 0.25) is 0 Å². The molecule has 0 bridgehead atoms. The SMILES string of the molecule is O=C(CCCCCNC(=O)c1ccc(/C=C(\C(=O)NC2CC2)c2ccc(F)cc2)cc1)NO. The number of hydrogen-bond donors (Lipinski definition) is 4. The quantitative estimate of drug-likeness (QED) is 0.137. The summed E-state index contributed by atoms with van der Waals surface area (Å²) in [7, 11) is 0. The first-order valence-corrected chi connectivity index (χ1v) is 11.1. The average molecular weight is 454 g/mol. The van der Waals surface area contributed by atoms with E-state index in [2.05, 4.69) is 10.6 Å². The van der Waals surface area contributed by atoms with Gasteiger partial charge < -0.3 is 10.6 Å². The number of amides is 3. The number of rotatable bonds is 11. The topological polar surface area (TPSA) is 108 Å². The average Bonchev–Trinajstić information content (AvgIpc) is 3.64. The molecule has 1 saturated carbocycles. The van der Waals surface area contributed by atoms with Crippen LogP contribution in [0.15, 0.2) is 48.5 Å². The fourth-order valence-electron chi connectivity index (χ4n) is 3.24. The van der Waals surface area contributed by atoms with Gasteiger partial charge in [-0.05, 0) is 67.2 Å². The van der Waals surface area contributed by atoms with Gasteiger partial charge in [-0.1, -0.05) is 30.7 Å². The Bertz CT molecular complexity index is 999.